The second-order valence-corrected chi connectivity index (χ2v) is 6.80. The Labute approximate surface area is 166 Å². The van der Waals surface area contributed by atoms with Crippen molar-refractivity contribution in [2.75, 3.05) is 13.2 Å². The molecule has 0 aliphatic rings. The van der Waals surface area contributed by atoms with E-state index in [0.29, 0.717) is 18.9 Å². The lowest BCUT2D eigenvalue weighted by Crippen LogP contribution is -2.38. The van der Waals surface area contributed by atoms with Crippen LogP contribution in [0.15, 0.2) is 66.7 Å². The first-order chi connectivity index (χ1) is 13.7. The van der Waals surface area contributed by atoms with Crippen LogP contribution in [0.4, 0.5) is 0 Å². The lowest BCUT2D eigenvalue weighted by Gasteiger charge is -2.15. The number of fused-ring (bicyclic) bond motifs is 1. The van der Waals surface area contributed by atoms with E-state index in [-0.39, 0.29) is 5.91 Å². The number of ether oxygens (including phenoxy) is 2. The Hall–Kier alpha value is -3.01. The molecule has 3 aromatic rings. The van der Waals surface area contributed by atoms with Gasteiger partial charge in [-0.15, -0.1) is 0 Å². The third kappa shape index (κ3) is 5.49. The molecule has 146 valence electrons. The highest BCUT2D eigenvalue weighted by atomic mass is 16.5. The highest BCUT2D eigenvalue weighted by Crippen LogP contribution is 2.21. The monoisotopic (exact) mass is 377 g/mol. The molecule has 3 rings (SSSR count). The lowest BCUT2D eigenvalue weighted by molar-refractivity contribution is -0.127. The summed E-state index contributed by atoms with van der Waals surface area (Å²) in [7, 11) is 0. The number of nitrogens with one attached hydrogen (secondary N) is 1. The van der Waals surface area contributed by atoms with E-state index in [0.717, 1.165) is 29.4 Å². The van der Waals surface area contributed by atoms with Gasteiger partial charge in [-0.1, -0.05) is 55.8 Å². The summed E-state index contributed by atoms with van der Waals surface area (Å²) in [4.78, 5) is 12.2. The van der Waals surface area contributed by atoms with Crippen LogP contribution in [0.25, 0.3) is 10.8 Å². The molecule has 0 aliphatic carbocycles. The van der Waals surface area contributed by atoms with Crippen LogP contribution in [0.5, 0.6) is 11.5 Å². The SMILES string of the molecule is CCCc1ccc(OCCNC(=O)[C@@H](C)Oc2ccc3ccccc3c2)cc1. The first kappa shape index (κ1) is 19.7. The van der Waals surface area contributed by atoms with E-state index in [4.69, 9.17) is 9.47 Å². The average Bonchev–Trinajstić information content (AvgIpc) is 2.72. The van der Waals surface area contributed by atoms with Gasteiger partial charge >= 0.3 is 0 Å². The highest BCUT2D eigenvalue weighted by molar-refractivity contribution is 5.84. The Balaban J connectivity index is 1.42. The third-order valence-corrected chi connectivity index (χ3v) is 4.54. The van der Waals surface area contributed by atoms with Crippen molar-refractivity contribution in [2.45, 2.75) is 32.8 Å². The molecule has 0 fully saturated rings. The van der Waals surface area contributed by atoms with Crippen LogP contribution >= 0.6 is 0 Å². The van der Waals surface area contributed by atoms with Crippen molar-refractivity contribution < 1.29 is 14.3 Å². The Morgan fingerprint density at radius 3 is 2.43 bits per heavy atom. The minimum atomic E-state index is -0.575. The summed E-state index contributed by atoms with van der Waals surface area (Å²) in [5, 5.41) is 5.09. The molecule has 0 aliphatic heterocycles. The van der Waals surface area contributed by atoms with E-state index >= 15 is 0 Å². The molecule has 0 unspecified atom stereocenters. The maximum absolute atomic E-state index is 12.2. The standard InChI is InChI=1S/C24H27NO3/c1-3-6-19-9-12-22(13-10-19)27-16-15-25-24(26)18(2)28-23-14-11-20-7-4-5-8-21(20)17-23/h4-5,7-14,17-18H,3,6,15-16H2,1-2H3,(H,25,26)/t18-/m1/s1. The van der Waals surface area contributed by atoms with Crippen molar-refractivity contribution in [3.05, 3.63) is 72.3 Å². The summed E-state index contributed by atoms with van der Waals surface area (Å²) in [5.41, 5.74) is 1.31. The zero-order chi connectivity index (χ0) is 19.8. The highest BCUT2D eigenvalue weighted by Gasteiger charge is 2.14. The second-order valence-electron chi connectivity index (χ2n) is 6.80. The van der Waals surface area contributed by atoms with Crippen molar-refractivity contribution in [1.82, 2.24) is 5.32 Å². The first-order valence-corrected chi connectivity index (χ1v) is 9.80. The summed E-state index contributed by atoms with van der Waals surface area (Å²) in [6.07, 6.45) is 1.63. The fourth-order valence-corrected chi connectivity index (χ4v) is 3.03. The molecule has 28 heavy (non-hydrogen) atoms. The predicted molar refractivity (Wildman–Crippen MR) is 113 cm³/mol. The number of rotatable bonds is 9. The normalized spacial score (nSPS) is 11.8. The predicted octanol–water partition coefficient (Wildman–Crippen LogP) is 4.75. The van der Waals surface area contributed by atoms with E-state index in [1.54, 1.807) is 6.92 Å². The van der Waals surface area contributed by atoms with Gasteiger partial charge in [0.2, 0.25) is 0 Å². The number of aryl methyl sites for hydroxylation is 1. The summed E-state index contributed by atoms with van der Waals surface area (Å²) in [6.45, 7) is 4.76. The smallest absolute Gasteiger partial charge is 0.260 e. The van der Waals surface area contributed by atoms with Crippen molar-refractivity contribution in [3.63, 3.8) is 0 Å². The Kier molecular flexibility index (Phi) is 6.90. The van der Waals surface area contributed by atoms with Crippen LogP contribution in [0.3, 0.4) is 0 Å². The molecule has 0 bridgehead atoms. The van der Waals surface area contributed by atoms with Gasteiger partial charge in [-0.3, -0.25) is 4.79 Å². The van der Waals surface area contributed by atoms with Gasteiger partial charge in [-0.2, -0.15) is 0 Å². The average molecular weight is 377 g/mol. The van der Waals surface area contributed by atoms with Crippen LogP contribution in [0.2, 0.25) is 0 Å². The van der Waals surface area contributed by atoms with Gasteiger partial charge in [0, 0.05) is 0 Å². The van der Waals surface area contributed by atoms with E-state index < -0.39 is 6.10 Å². The van der Waals surface area contributed by atoms with Crippen LogP contribution in [-0.4, -0.2) is 25.2 Å². The van der Waals surface area contributed by atoms with E-state index in [1.165, 1.54) is 5.56 Å². The topological polar surface area (TPSA) is 47.6 Å². The fraction of sp³-hybridized carbons (Fsp3) is 0.292. The van der Waals surface area contributed by atoms with Gasteiger partial charge in [0.05, 0.1) is 6.54 Å². The molecule has 0 aromatic heterocycles. The first-order valence-electron chi connectivity index (χ1n) is 9.80. The quantitative estimate of drug-likeness (QED) is 0.547. The van der Waals surface area contributed by atoms with Crippen LogP contribution < -0.4 is 14.8 Å². The Morgan fingerprint density at radius 2 is 1.68 bits per heavy atom. The van der Waals surface area contributed by atoms with Crippen molar-refractivity contribution in [3.8, 4) is 11.5 Å². The van der Waals surface area contributed by atoms with E-state index in [2.05, 4.69) is 24.4 Å². The summed E-state index contributed by atoms with van der Waals surface area (Å²) in [6, 6.07) is 22.0. The zero-order valence-electron chi connectivity index (χ0n) is 16.5. The maximum Gasteiger partial charge on any atom is 0.260 e. The lowest BCUT2D eigenvalue weighted by atomic mass is 10.1. The third-order valence-electron chi connectivity index (χ3n) is 4.54. The number of benzene rings is 3. The molecule has 0 heterocycles. The molecule has 0 radical (unpaired) electrons. The van der Waals surface area contributed by atoms with Gasteiger partial charge in [-0.25, -0.2) is 0 Å². The van der Waals surface area contributed by atoms with Gasteiger partial charge in [-0.05, 0) is 53.9 Å². The minimum Gasteiger partial charge on any atom is -0.492 e. The van der Waals surface area contributed by atoms with E-state index in [9.17, 15) is 4.79 Å². The van der Waals surface area contributed by atoms with Crippen molar-refractivity contribution in [1.29, 1.82) is 0 Å². The molecule has 1 amide bonds. The number of carbonyl (C=O) groups is 1. The molecular weight excluding hydrogens is 350 g/mol. The molecule has 0 spiro atoms. The number of amides is 1. The molecular formula is C24H27NO3. The Bertz CT molecular complexity index is 905. The van der Waals surface area contributed by atoms with Crippen LogP contribution in [0, 0.1) is 0 Å². The van der Waals surface area contributed by atoms with Gasteiger partial charge in [0.25, 0.3) is 5.91 Å². The van der Waals surface area contributed by atoms with Crippen LogP contribution in [0.1, 0.15) is 25.8 Å². The molecule has 1 atom stereocenters. The van der Waals surface area contributed by atoms with Gasteiger partial charge in [0.15, 0.2) is 6.10 Å². The maximum atomic E-state index is 12.2. The molecule has 0 saturated heterocycles. The molecule has 0 saturated carbocycles. The van der Waals surface area contributed by atoms with E-state index in [1.807, 2.05) is 54.6 Å². The van der Waals surface area contributed by atoms with Crippen molar-refractivity contribution in [2.24, 2.45) is 0 Å². The van der Waals surface area contributed by atoms with Gasteiger partial charge in [0.1, 0.15) is 18.1 Å². The number of hydrogen-bond acceptors (Lipinski definition) is 3. The summed E-state index contributed by atoms with van der Waals surface area (Å²) in [5.74, 6) is 1.34. The molecule has 1 N–H and O–H groups in total. The minimum absolute atomic E-state index is 0.157. The molecule has 4 nitrogen and oxygen atoms in total. The largest absolute Gasteiger partial charge is 0.492 e. The van der Waals surface area contributed by atoms with Crippen LogP contribution in [-0.2, 0) is 11.2 Å². The number of hydrogen-bond donors (Lipinski definition) is 1. The fourth-order valence-electron chi connectivity index (χ4n) is 3.03. The number of carbonyl (C=O) groups excluding carboxylic acids is 1. The zero-order valence-corrected chi connectivity index (χ0v) is 16.5. The summed E-state index contributed by atoms with van der Waals surface area (Å²) < 4.78 is 11.5. The molecule has 4 heteroatoms. The van der Waals surface area contributed by atoms with Crippen molar-refractivity contribution >= 4 is 16.7 Å². The van der Waals surface area contributed by atoms with Gasteiger partial charge < -0.3 is 14.8 Å². The summed E-state index contributed by atoms with van der Waals surface area (Å²) >= 11 is 0. The second kappa shape index (κ2) is 9.79. The molecule has 3 aromatic carbocycles. The Morgan fingerprint density at radius 1 is 0.964 bits per heavy atom.